The zero-order valence-corrected chi connectivity index (χ0v) is 24.3. The lowest BCUT2D eigenvalue weighted by molar-refractivity contribution is -0.237. The third-order valence-electron chi connectivity index (χ3n) is 5.93. The standard InChI is InChI=1S/C28H28N2O9S2/c1-15(31)35-14-22-23(36-16(2)32)24(37-17(3)33)25(38-18(4)34)27(39-22)41-28-29-21-13-9-8-12-20(21)26(40)30(28)19-10-6-5-7-11-19/h5-13,22-25,27H,14H2,1-4H3/t22-,23-,24+,25-,27+/m1/s1. The third kappa shape index (κ3) is 7.29. The first-order valence-corrected chi connectivity index (χ1v) is 13.9. The molecule has 0 radical (unpaired) electrons. The summed E-state index contributed by atoms with van der Waals surface area (Å²) >= 11 is 6.94. The van der Waals surface area contributed by atoms with Gasteiger partial charge in [-0.2, -0.15) is 0 Å². The number of para-hydroxylation sites is 2. The van der Waals surface area contributed by atoms with E-state index < -0.39 is 53.7 Å². The van der Waals surface area contributed by atoms with Crippen LogP contribution in [0.1, 0.15) is 27.7 Å². The van der Waals surface area contributed by atoms with E-state index in [2.05, 4.69) is 0 Å². The topological polar surface area (TPSA) is 132 Å². The Balaban J connectivity index is 1.86. The Labute approximate surface area is 245 Å². The zero-order chi connectivity index (χ0) is 29.7. The highest BCUT2D eigenvalue weighted by Gasteiger charge is 2.52. The van der Waals surface area contributed by atoms with Gasteiger partial charge in [-0.15, -0.1) is 0 Å². The third-order valence-corrected chi connectivity index (χ3v) is 7.43. The maximum absolute atomic E-state index is 12.2. The van der Waals surface area contributed by atoms with Gasteiger partial charge >= 0.3 is 23.9 Å². The van der Waals surface area contributed by atoms with Crippen LogP contribution in [0.5, 0.6) is 0 Å². The molecule has 0 spiro atoms. The minimum Gasteiger partial charge on any atom is -0.463 e. The SMILES string of the molecule is CC(=O)OC[C@H]1O[C@@H](Sc2nc3ccccc3c(=S)n2-c2ccccc2)[C@H](OC(C)=O)[C@@H](OC(C)=O)[C@@H]1OC(C)=O. The molecule has 1 aliphatic rings. The number of carbonyl (C=O) groups excluding carboxylic acids is 4. The number of nitrogens with zero attached hydrogens (tertiary/aromatic N) is 2. The maximum atomic E-state index is 12.2. The van der Waals surface area contributed by atoms with Crippen LogP contribution in [0.4, 0.5) is 0 Å². The summed E-state index contributed by atoms with van der Waals surface area (Å²) in [7, 11) is 0. The molecule has 0 bridgehead atoms. The van der Waals surface area contributed by atoms with Crippen molar-refractivity contribution in [3.63, 3.8) is 0 Å². The minimum atomic E-state index is -1.29. The smallest absolute Gasteiger partial charge is 0.303 e. The summed E-state index contributed by atoms with van der Waals surface area (Å²) in [5.41, 5.74) is 0.287. The molecule has 0 N–H and O–H groups in total. The van der Waals surface area contributed by atoms with Crippen molar-refractivity contribution in [3.05, 3.63) is 59.2 Å². The lowest BCUT2D eigenvalue weighted by Gasteiger charge is -2.44. The second-order valence-electron chi connectivity index (χ2n) is 9.07. The van der Waals surface area contributed by atoms with E-state index in [0.29, 0.717) is 15.3 Å². The quantitative estimate of drug-likeness (QED) is 0.161. The van der Waals surface area contributed by atoms with Gasteiger partial charge in [-0.25, -0.2) is 4.98 Å². The van der Waals surface area contributed by atoms with Crippen LogP contribution >= 0.6 is 24.0 Å². The first kappa shape index (κ1) is 30.2. The lowest BCUT2D eigenvalue weighted by Crippen LogP contribution is -2.61. The molecule has 4 rings (SSSR count). The summed E-state index contributed by atoms with van der Waals surface area (Å²) in [6.07, 6.45) is -4.87. The van der Waals surface area contributed by atoms with Gasteiger partial charge < -0.3 is 23.7 Å². The van der Waals surface area contributed by atoms with E-state index in [-0.39, 0.29) is 6.61 Å². The Kier molecular flexibility index (Phi) is 9.73. The van der Waals surface area contributed by atoms with Gasteiger partial charge in [-0.05, 0) is 24.3 Å². The molecule has 2 aromatic carbocycles. The zero-order valence-electron chi connectivity index (χ0n) is 22.7. The number of benzene rings is 2. The van der Waals surface area contributed by atoms with E-state index in [1.54, 1.807) is 4.57 Å². The summed E-state index contributed by atoms with van der Waals surface area (Å²) in [6, 6.07) is 16.7. The number of rotatable bonds is 8. The van der Waals surface area contributed by atoms with Gasteiger partial charge in [0.1, 0.15) is 17.4 Å². The Morgan fingerprint density at radius 1 is 0.829 bits per heavy atom. The van der Waals surface area contributed by atoms with Crippen molar-refractivity contribution >= 4 is 58.8 Å². The number of carbonyl (C=O) groups is 4. The molecule has 1 saturated heterocycles. The van der Waals surface area contributed by atoms with Crippen LogP contribution in [0.3, 0.4) is 0 Å². The summed E-state index contributed by atoms with van der Waals surface area (Å²) in [4.78, 5) is 52.9. The Hall–Kier alpha value is -3.81. The van der Waals surface area contributed by atoms with E-state index in [0.717, 1.165) is 22.8 Å². The molecule has 13 heteroatoms. The van der Waals surface area contributed by atoms with Crippen LogP contribution in [0.15, 0.2) is 59.8 Å². The average molecular weight is 601 g/mol. The molecule has 1 aromatic heterocycles. The van der Waals surface area contributed by atoms with E-state index in [9.17, 15) is 19.2 Å². The second-order valence-corrected chi connectivity index (χ2v) is 10.5. The molecule has 11 nitrogen and oxygen atoms in total. The summed E-state index contributed by atoms with van der Waals surface area (Å²) in [5, 5.41) is 1.14. The van der Waals surface area contributed by atoms with Crippen LogP contribution in [0, 0.1) is 4.64 Å². The first-order chi connectivity index (χ1) is 19.5. The second kappa shape index (κ2) is 13.2. The largest absolute Gasteiger partial charge is 0.463 e. The highest BCUT2D eigenvalue weighted by Crippen LogP contribution is 2.38. The molecule has 0 amide bonds. The average Bonchev–Trinajstić information content (AvgIpc) is 2.91. The van der Waals surface area contributed by atoms with Crippen molar-refractivity contribution in [3.8, 4) is 5.69 Å². The first-order valence-electron chi connectivity index (χ1n) is 12.6. The molecular weight excluding hydrogens is 572 g/mol. The van der Waals surface area contributed by atoms with Gasteiger partial charge in [-0.1, -0.05) is 54.3 Å². The summed E-state index contributed by atoms with van der Waals surface area (Å²) in [5.74, 6) is -2.70. The van der Waals surface area contributed by atoms with Gasteiger partial charge in [0, 0.05) is 38.8 Å². The monoisotopic (exact) mass is 600 g/mol. The highest BCUT2D eigenvalue weighted by molar-refractivity contribution is 7.99. The molecule has 3 aromatic rings. The number of thioether (sulfide) groups is 1. The van der Waals surface area contributed by atoms with Crippen molar-refractivity contribution in [1.29, 1.82) is 0 Å². The number of ether oxygens (including phenoxy) is 5. The highest BCUT2D eigenvalue weighted by atomic mass is 32.2. The number of hydrogen-bond donors (Lipinski definition) is 0. The molecule has 0 aliphatic carbocycles. The lowest BCUT2D eigenvalue weighted by atomic mass is 9.99. The molecule has 1 fully saturated rings. The van der Waals surface area contributed by atoms with E-state index in [1.165, 1.54) is 27.7 Å². The minimum absolute atomic E-state index is 0.328. The predicted octanol–water partition coefficient (Wildman–Crippen LogP) is 3.93. The molecule has 2 heterocycles. The Bertz CT molecular complexity index is 1510. The maximum Gasteiger partial charge on any atom is 0.303 e. The number of esters is 4. The number of fused-ring (bicyclic) bond motifs is 1. The van der Waals surface area contributed by atoms with Crippen molar-refractivity contribution in [1.82, 2.24) is 9.55 Å². The predicted molar refractivity (Wildman–Crippen MR) is 150 cm³/mol. The van der Waals surface area contributed by atoms with Crippen molar-refractivity contribution < 1.29 is 42.9 Å². The van der Waals surface area contributed by atoms with Gasteiger partial charge in [0.05, 0.1) is 5.52 Å². The van der Waals surface area contributed by atoms with Gasteiger partial charge in [-0.3, -0.25) is 23.7 Å². The van der Waals surface area contributed by atoms with Crippen molar-refractivity contribution in [2.75, 3.05) is 6.61 Å². The van der Waals surface area contributed by atoms with E-state index in [4.69, 9.17) is 40.9 Å². The molecule has 0 saturated carbocycles. The van der Waals surface area contributed by atoms with Crippen LogP contribution in [-0.4, -0.2) is 69.9 Å². The molecular formula is C28H28N2O9S2. The fraction of sp³-hybridized carbons (Fsp3) is 0.357. The van der Waals surface area contributed by atoms with Crippen molar-refractivity contribution in [2.45, 2.75) is 62.7 Å². The number of aromatic nitrogens is 2. The van der Waals surface area contributed by atoms with E-state index in [1.807, 2.05) is 54.6 Å². The van der Waals surface area contributed by atoms with Gasteiger partial charge in [0.15, 0.2) is 28.9 Å². The Morgan fingerprint density at radius 3 is 2.05 bits per heavy atom. The molecule has 0 unspecified atom stereocenters. The Morgan fingerprint density at radius 2 is 1.41 bits per heavy atom. The molecule has 41 heavy (non-hydrogen) atoms. The fourth-order valence-electron chi connectivity index (χ4n) is 4.38. The number of hydrogen-bond acceptors (Lipinski definition) is 12. The van der Waals surface area contributed by atoms with Gasteiger partial charge in [0.2, 0.25) is 0 Å². The van der Waals surface area contributed by atoms with Crippen LogP contribution in [-0.2, 0) is 42.9 Å². The van der Waals surface area contributed by atoms with Crippen LogP contribution in [0.2, 0.25) is 0 Å². The molecule has 5 atom stereocenters. The van der Waals surface area contributed by atoms with E-state index >= 15 is 0 Å². The molecule has 1 aliphatic heterocycles. The summed E-state index contributed by atoms with van der Waals surface area (Å²) < 4.78 is 30.3. The normalized spacial score (nSPS) is 22.0. The van der Waals surface area contributed by atoms with Crippen LogP contribution < -0.4 is 0 Å². The fourth-order valence-corrected chi connectivity index (χ4v) is 6.01. The summed E-state index contributed by atoms with van der Waals surface area (Å²) in [6.45, 7) is 4.42. The molecule has 216 valence electrons. The van der Waals surface area contributed by atoms with Crippen LogP contribution in [0.25, 0.3) is 16.6 Å². The van der Waals surface area contributed by atoms with Gasteiger partial charge in [0.25, 0.3) is 0 Å². The van der Waals surface area contributed by atoms with Crippen molar-refractivity contribution in [2.24, 2.45) is 0 Å².